The largest absolute Gasteiger partial charge is 0.352 e. The maximum absolute atomic E-state index is 13.5. The van der Waals surface area contributed by atoms with Crippen LogP contribution in [0.1, 0.15) is 47.1 Å². The third kappa shape index (κ3) is 4.76. The maximum atomic E-state index is 13.5. The second-order valence-electron chi connectivity index (χ2n) is 8.70. The van der Waals surface area contributed by atoms with Gasteiger partial charge in [-0.25, -0.2) is 0 Å². The van der Waals surface area contributed by atoms with Crippen molar-refractivity contribution in [2.45, 2.75) is 45.8 Å². The van der Waals surface area contributed by atoms with Crippen LogP contribution in [0.5, 0.6) is 0 Å². The molecule has 1 aromatic carbocycles. The first kappa shape index (κ1) is 24.4. The summed E-state index contributed by atoms with van der Waals surface area (Å²) in [6, 6.07) is 5.14. The molecule has 0 spiro atoms. The van der Waals surface area contributed by atoms with Gasteiger partial charge in [0.1, 0.15) is 0 Å². The number of hydrogen-bond acceptors (Lipinski definition) is 5. The van der Waals surface area contributed by atoms with Crippen molar-refractivity contribution in [2.75, 3.05) is 19.6 Å². The van der Waals surface area contributed by atoms with Crippen molar-refractivity contribution >= 4 is 40.9 Å². The van der Waals surface area contributed by atoms with Crippen molar-refractivity contribution in [3.8, 4) is 11.1 Å². The first-order valence-electron chi connectivity index (χ1n) is 11.2. The van der Waals surface area contributed by atoms with E-state index in [1.807, 2.05) is 6.92 Å². The molecule has 34 heavy (non-hydrogen) atoms. The van der Waals surface area contributed by atoms with Gasteiger partial charge in [-0.3, -0.25) is 19.4 Å². The van der Waals surface area contributed by atoms with Crippen LogP contribution in [0, 0.1) is 6.92 Å². The minimum Gasteiger partial charge on any atom is -0.352 e. The van der Waals surface area contributed by atoms with Crippen LogP contribution >= 0.6 is 23.2 Å². The molecule has 2 aliphatic heterocycles. The molecule has 3 heterocycles. The van der Waals surface area contributed by atoms with Gasteiger partial charge < -0.3 is 20.9 Å². The number of fused-ring (bicyclic) bond motifs is 1. The highest BCUT2D eigenvalue weighted by atomic mass is 35.5. The second kappa shape index (κ2) is 9.90. The predicted molar refractivity (Wildman–Crippen MR) is 130 cm³/mol. The summed E-state index contributed by atoms with van der Waals surface area (Å²) in [5.74, 6) is -0.330. The second-order valence-corrected chi connectivity index (χ2v) is 9.55. The average Bonchev–Trinajstić information content (AvgIpc) is 3.35. The van der Waals surface area contributed by atoms with E-state index in [2.05, 4.69) is 10.3 Å². The number of likely N-dealkylation sites (tertiary alicyclic amines) is 1. The van der Waals surface area contributed by atoms with Crippen molar-refractivity contribution in [3.05, 3.63) is 50.8 Å². The molecule has 180 valence electrons. The highest BCUT2D eigenvalue weighted by Gasteiger charge is 2.35. The zero-order chi connectivity index (χ0) is 24.6. The van der Waals surface area contributed by atoms with E-state index in [0.29, 0.717) is 52.1 Å². The van der Waals surface area contributed by atoms with Gasteiger partial charge in [0.25, 0.3) is 5.91 Å². The molecule has 0 aliphatic carbocycles. The molecular formula is C24H27Cl2N5O3. The van der Waals surface area contributed by atoms with E-state index < -0.39 is 0 Å². The Bertz CT molecular complexity index is 1170. The summed E-state index contributed by atoms with van der Waals surface area (Å²) in [4.78, 5) is 45.5. The topological polar surface area (TPSA) is 109 Å². The highest BCUT2D eigenvalue weighted by molar-refractivity contribution is 6.36. The Morgan fingerprint density at radius 2 is 2.03 bits per heavy atom. The molecule has 0 bridgehead atoms. The number of pyridine rings is 1. The first-order valence-corrected chi connectivity index (χ1v) is 12.0. The molecule has 1 atom stereocenters. The van der Waals surface area contributed by atoms with Crippen molar-refractivity contribution in [3.63, 3.8) is 0 Å². The molecule has 10 heteroatoms. The number of nitrogens with two attached hydrogens (primary N) is 1. The Hall–Kier alpha value is -2.68. The Labute approximate surface area is 208 Å². The van der Waals surface area contributed by atoms with Crippen molar-refractivity contribution in [1.29, 1.82) is 0 Å². The molecule has 3 N–H and O–H groups in total. The molecular weight excluding hydrogens is 477 g/mol. The Balaban J connectivity index is 1.54. The van der Waals surface area contributed by atoms with Crippen LogP contribution in [-0.4, -0.2) is 58.2 Å². The van der Waals surface area contributed by atoms with Gasteiger partial charge in [0, 0.05) is 72.4 Å². The lowest BCUT2D eigenvalue weighted by Crippen LogP contribution is -2.38. The van der Waals surface area contributed by atoms with Gasteiger partial charge >= 0.3 is 0 Å². The zero-order valence-electron chi connectivity index (χ0n) is 19.2. The first-order chi connectivity index (χ1) is 16.2. The highest BCUT2D eigenvalue weighted by Crippen LogP contribution is 2.39. The fraction of sp³-hybridized carbons (Fsp3) is 0.417. The van der Waals surface area contributed by atoms with E-state index in [0.717, 1.165) is 17.7 Å². The van der Waals surface area contributed by atoms with Crippen molar-refractivity contribution < 1.29 is 14.4 Å². The minimum atomic E-state index is -0.191. The number of carbonyl (C=O) groups is 3. The van der Waals surface area contributed by atoms with Crippen molar-refractivity contribution in [1.82, 2.24) is 20.1 Å². The van der Waals surface area contributed by atoms with Gasteiger partial charge in [-0.15, -0.1) is 0 Å². The Morgan fingerprint density at radius 3 is 2.71 bits per heavy atom. The van der Waals surface area contributed by atoms with E-state index in [9.17, 15) is 14.4 Å². The number of aromatic nitrogens is 1. The lowest BCUT2D eigenvalue weighted by Gasteiger charge is -2.20. The van der Waals surface area contributed by atoms with Crippen LogP contribution in [0.3, 0.4) is 0 Å². The normalized spacial score (nSPS) is 17.3. The number of nitrogens with one attached hydrogen (secondary N) is 1. The molecule has 3 amide bonds. The summed E-state index contributed by atoms with van der Waals surface area (Å²) in [6.07, 6.45) is 0.933. The number of benzene rings is 1. The summed E-state index contributed by atoms with van der Waals surface area (Å²) in [7, 11) is 0. The number of nitrogens with zero attached hydrogens (tertiary/aromatic N) is 3. The van der Waals surface area contributed by atoms with Crippen LogP contribution < -0.4 is 11.1 Å². The number of halogens is 2. The lowest BCUT2D eigenvalue weighted by molar-refractivity contribution is -0.130. The van der Waals surface area contributed by atoms with E-state index in [4.69, 9.17) is 28.9 Å². The molecule has 1 fully saturated rings. The Morgan fingerprint density at radius 1 is 1.26 bits per heavy atom. The van der Waals surface area contributed by atoms with Gasteiger partial charge in [-0.2, -0.15) is 0 Å². The van der Waals surface area contributed by atoms with Gasteiger partial charge in [-0.05, 0) is 31.0 Å². The molecule has 2 aliphatic rings. The standard InChI is InChI=1S/C24H27Cl2N5O3/c1-13-18(10-27)22(17-4-3-15(25)9-19(17)26)23-20(28-13)12-31(24(23)34)8-6-21(33)30-7-5-16(11-30)29-14(2)32/h3-4,9,16H,5-8,10-12,27H2,1-2H3,(H,29,32)/t16-/m0/s1. The van der Waals surface area contributed by atoms with Gasteiger partial charge in [0.05, 0.1) is 17.8 Å². The summed E-state index contributed by atoms with van der Waals surface area (Å²) in [5.41, 5.74) is 10.0. The third-order valence-corrected chi connectivity index (χ3v) is 6.92. The molecule has 1 saturated heterocycles. The third-order valence-electron chi connectivity index (χ3n) is 6.37. The average molecular weight is 504 g/mol. The van der Waals surface area contributed by atoms with Crippen LogP contribution in [-0.2, 0) is 22.7 Å². The summed E-state index contributed by atoms with van der Waals surface area (Å²) in [6.45, 7) is 5.23. The molecule has 8 nitrogen and oxygen atoms in total. The Kier molecular flexibility index (Phi) is 7.12. The van der Waals surface area contributed by atoms with Crippen molar-refractivity contribution in [2.24, 2.45) is 5.73 Å². The van der Waals surface area contributed by atoms with Crippen LogP contribution in [0.4, 0.5) is 0 Å². The molecule has 0 radical (unpaired) electrons. The van der Waals surface area contributed by atoms with Crippen LogP contribution in [0.2, 0.25) is 10.0 Å². The van der Waals surface area contributed by atoms with E-state index in [1.54, 1.807) is 28.0 Å². The van der Waals surface area contributed by atoms with Gasteiger partial charge in [0.2, 0.25) is 11.8 Å². The fourth-order valence-electron chi connectivity index (χ4n) is 4.76. The van der Waals surface area contributed by atoms with Crippen LogP contribution in [0.25, 0.3) is 11.1 Å². The van der Waals surface area contributed by atoms with Crippen LogP contribution in [0.15, 0.2) is 18.2 Å². The number of carbonyl (C=O) groups excluding carboxylic acids is 3. The number of aryl methyl sites for hydroxylation is 1. The maximum Gasteiger partial charge on any atom is 0.256 e. The van der Waals surface area contributed by atoms with E-state index in [1.165, 1.54) is 6.92 Å². The molecule has 2 aromatic rings. The fourth-order valence-corrected chi connectivity index (χ4v) is 5.26. The monoisotopic (exact) mass is 503 g/mol. The van der Waals surface area contributed by atoms with Gasteiger partial charge in [-0.1, -0.05) is 29.3 Å². The predicted octanol–water partition coefficient (Wildman–Crippen LogP) is 2.91. The molecule has 1 aromatic heterocycles. The zero-order valence-corrected chi connectivity index (χ0v) is 20.7. The summed E-state index contributed by atoms with van der Waals surface area (Å²) >= 11 is 12.6. The summed E-state index contributed by atoms with van der Waals surface area (Å²) in [5, 5.41) is 3.78. The number of hydrogen-bond donors (Lipinski definition) is 2. The molecule has 4 rings (SSSR count). The van der Waals surface area contributed by atoms with Gasteiger partial charge in [0.15, 0.2) is 0 Å². The minimum absolute atomic E-state index is 0.0207. The summed E-state index contributed by atoms with van der Waals surface area (Å²) < 4.78 is 0. The SMILES string of the molecule is CC(=O)N[C@H]1CCN(C(=O)CCN2Cc3nc(C)c(CN)c(-c4ccc(Cl)cc4Cl)c3C2=O)C1. The quantitative estimate of drug-likeness (QED) is 0.629. The smallest absolute Gasteiger partial charge is 0.256 e. The number of rotatable bonds is 6. The molecule has 0 unspecified atom stereocenters. The lowest BCUT2D eigenvalue weighted by atomic mass is 9.93. The molecule has 0 saturated carbocycles. The number of amides is 3. The van der Waals surface area contributed by atoms with E-state index >= 15 is 0 Å². The van der Waals surface area contributed by atoms with E-state index in [-0.39, 0.29) is 43.3 Å².